The van der Waals surface area contributed by atoms with Gasteiger partial charge in [0.15, 0.2) is 27.8 Å². The van der Waals surface area contributed by atoms with Gasteiger partial charge >= 0.3 is 0 Å². The molecule has 0 spiro atoms. The lowest BCUT2D eigenvalue weighted by atomic mass is 10.2. The van der Waals surface area contributed by atoms with Crippen LogP contribution in [0.25, 0.3) is 22.8 Å². The topological polar surface area (TPSA) is 38.7 Å². The fourth-order valence-electron chi connectivity index (χ4n) is 11.6. The zero-order chi connectivity index (χ0) is 50.3. The first-order chi connectivity index (χ1) is 37.2. The van der Waals surface area contributed by atoms with Crippen LogP contribution in [0.15, 0.2) is 322 Å². The number of nitrogens with zero attached hydrogens (tertiary/aromatic N) is 3. The zero-order valence-electron chi connectivity index (χ0n) is 41.4. The highest BCUT2D eigenvalue weighted by Gasteiger charge is 2.46. The molecule has 1 aromatic heterocycles. The lowest BCUT2D eigenvalue weighted by Gasteiger charge is -2.34. The molecule has 12 rings (SSSR count). The highest BCUT2D eigenvalue weighted by Crippen LogP contribution is 2.22. The summed E-state index contributed by atoms with van der Waals surface area (Å²) < 4.78 is 0. The van der Waals surface area contributed by atoms with Crippen molar-refractivity contribution in [3.05, 3.63) is 322 Å². The van der Waals surface area contributed by atoms with Crippen molar-refractivity contribution < 1.29 is 0 Å². The third kappa shape index (κ3) is 8.45. The minimum absolute atomic E-state index is 0.637. The van der Waals surface area contributed by atoms with Crippen molar-refractivity contribution in [1.82, 2.24) is 15.0 Å². The highest BCUT2D eigenvalue weighted by molar-refractivity contribution is 7.21. The largest absolute Gasteiger partial charge is 0.226 e. The maximum Gasteiger partial charge on any atom is 0.226 e. The van der Waals surface area contributed by atoms with Gasteiger partial charge in [-0.05, 0) is 57.1 Å². The lowest BCUT2D eigenvalue weighted by Crippen LogP contribution is -2.76. The van der Waals surface area contributed by atoms with Crippen LogP contribution in [0.5, 0.6) is 0 Å². The minimum Gasteiger partial charge on any atom is -0.217 e. The number of aromatic nitrogens is 3. The van der Waals surface area contributed by atoms with Crippen LogP contribution >= 0.6 is 0 Å². The van der Waals surface area contributed by atoms with Crippen molar-refractivity contribution in [2.75, 3.05) is 0 Å². The Balaban J connectivity index is 1.10. The molecule has 0 aliphatic carbocycles. The molecular formula is C69H53N3Si3. The second kappa shape index (κ2) is 20.9. The summed E-state index contributed by atoms with van der Waals surface area (Å²) in [7, 11) is -8.82. The molecule has 0 radical (unpaired) electrons. The van der Waals surface area contributed by atoms with Gasteiger partial charge in [-0.1, -0.05) is 322 Å². The fourth-order valence-corrected chi connectivity index (χ4v) is 25.5. The monoisotopic (exact) mass is 1010 g/mol. The van der Waals surface area contributed by atoms with E-state index in [1.54, 1.807) is 0 Å². The second-order valence-corrected chi connectivity index (χ2v) is 30.3. The molecule has 0 aliphatic heterocycles. The molecule has 75 heavy (non-hydrogen) atoms. The SMILES string of the molecule is c1ccc([Si](c2ccccc2)(c2ccccc2)c2ccc(-c3nc(-c4ccc([Si](c5ccccc5)(c5ccccc5)c5ccccc5)cc4)nc([Si](c4ccccc4)(c4ccccc4)c4ccccc4)n3)cc2)cc1. The van der Waals surface area contributed by atoms with E-state index in [2.05, 4.69) is 322 Å². The summed E-state index contributed by atoms with van der Waals surface area (Å²) in [6.07, 6.45) is 0. The molecule has 3 nitrogen and oxygen atoms in total. The third-order valence-electron chi connectivity index (χ3n) is 15.0. The van der Waals surface area contributed by atoms with Gasteiger partial charge in [0, 0.05) is 11.1 Å². The summed E-state index contributed by atoms with van der Waals surface area (Å²) in [4.78, 5) is 17.0. The summed E-state index contributed by atoms with van der Waals surface area (Å²) >= 11 is 0. The average Bonchev–Trinajstić information content (AvgIpc) is 3.52. The number of hydrogen-bond donors (Lipinski definition) is 0. The number of hydrogen-bond acceptors (Lipinski definition) is 3. The first-order valence-corrected chi connectivity index (χ1v) is 31.7. The van der Waals surface area contributed by atoms with Crippen molar-refractivity contribution in [2.24, 2.45) is 0 Å². The van der Waals surface area contributed by atoms with Crippen LogP contribution in [0.3, 0.4) is 0 Å². The molecule has 0 unspecified atom stereocenters. The van der Waals surface area contributed by atoms with E-state index < -0.39 is 24.2 Å². The molecule has 0 fully saturated rings. The Kier molecular flexibility index (Phi) is 13.1. The van der Waals surface area contributed by atoms with Crippen LogP contribution < -0.4 is 62.5 Å². The predicted octanol–water partition coefficient (Wildman–Crippen LogP) is 7.34. The lowest BCUT2D eigenvalue weighted by molar-refractivity contribution is 1.10. The Morgan fingerprint density at radius 2 is 0.333 bits per heavy atom. The van der Waals surface area contributed by atoms with E-state index in [1.165, 1.54) is 57.1 Å². The first kappa shape index (κ1) is 47.1. The van der Waals surface area contributed by atoms with Crippen LogP contribution in [0.4, 0.5) is 0 Å². The van der Waals surface area contributed by atoms with E-state index in [0.29, 0.717) is 11.6 Å². The number of benzene rings is 11. The Hall–Kier alpha value is -8.92. The van der Waals surface area contributed by atoms with Crippen LogP contribution in [0, 0.1) is 0 Å². The summed E-state index contributed by atoms with van der Waals surface area (Å²) in [6, 6.07) is 118. The average molecular weight is 1010 g/mol. The van der Waals surface area contributed by atoms with Crippen molar-refractivity contribution in [3.63, 3.8) is 0 Å². The van der Waals surface area contributed by atoms with Gasteiger partial charge in [0.25, 0.3) is 0 Å². The quantitative estimate of drug-likeness (QED) is 0.0847. The Labute approximate surface area is 443 Å². The van der Waals surface area contributed by atoms with E-state index in [4.69, 9.17) is 15.0 Å². The molecule has 0 saturated carbocycles. The van der Waals surface area contributed by atoms with Crippen LogP contribution in [-0.4, -0.2) is 39.2 Å². The van der Waals surface area contributed by atoms with Gasteiger partial charge in [-0.25, -0.2) is 15.0 Å². The maximum absolute atomic E-state index is 5.73. The van der Waals surface area contributed by atoms with E-state index in [9.17, 15) is 0 Å². The number of rotatable bonds is 14. The van der Waals surface area contributed by atoms with Crippen molar-refractivity contribution >= 4 is 86.7 Å². The van der Waals surface area contributed by atoms with E-state index in [1.807, 2.05) is 0 Å². The highest BCUT2D eigenvalue weighted by atomic mass is 28.3. The zero-order valence-corrected chi connectivity index (χ0v) is 44.4. The Bertz CT molecular complexity index is 3290. The molecular weight excluding hydrogens is 955 g/mol. The van der Waals surface area contributed by atoms with Gasteiger partial charge in [-0.3, -0.25) is 0 Å². The normalized spacial score (nSPS) is 11.7. The van der Waals surface area contributed by atoms with Gasteiger partial charge in [0.1, 0.15) is 5.45 Å². The van der Waals surface area contributed by atoms with Gasteiger partial charge in [-0.15, -0.1) is 0 Å². The molecule has 1 heterocycles. The Morgan fingerprint density at radius 1 is 0.160 bits per heavy atom. The van der Waals surface area contributed by atoms with E-state index >= 15 is 0 Å². The molecule has 6 heteroatoms. The van der Waals surface area contributed by atoms with Gasteiger partial charge in [-0.2, -0.15) is 0 Å². The standard InChI is InChI=1S/C69H53N3Si3/c1-10-28-56(29-11-1)73(57-30-12-2-13-31-57,58-32-14-3-15-33-58)65-50-46-54(47-51-65)67-70-68(72-69(71-67)75(62-40-22-7-23-41-62,63-42-24-8-25-43-63)64-44-26-9-27-45-64)55-48-52-66(53-49-55)74(59-34-16-4-17-35-59,60-36-18-5-19-37-60)61-38-20-6-21-39-61/h1-53H. The van der Waals surface area contributed by atoms with Gasteiger partial charge in [0.2, 0.25) is 8.07 Å². The van der Waals surface area contributed by atoms with Gasteiger partial charge < -0.3 is 0 Å². The predicted molar refractivity (Wildman–Crippen MR) is 322 cm³/mol. The molecule has 0 atom stereocenters. The van der Waals surface area contributed by atoms with Crippen molar-refractivity contribution in [2.45, 2.75) is 0 Å². The molecule has 0 saturated heterocycles. The fraction of sp³-hybridized carbons (Fsp3) is 0. The van der Waals surface area contributed by atoms with E-state index in [0.717, 1.165) is 16.6 Å². The molecule has 0 N–H and O–H groups in total. The second-order valence-electron chi connectivity index (χ2n) is 19.0. The van der Waals surface area contributed by atoms with Crippen molar-refractivity contribution in [1.29, 1.82) is 0 Å². The Morgan fingerprint density at radius 3 is 0.533 bits per heavy atom. The third-order valence-corrected chi connectivity index (χ3v) is 29.1. The maximum atomic E-state index is 5.73. The minimum atomic E-state index is -3.22. The molecule has 0 aliphatic rings. The van der Waals surface area contributed by atoms with Crippen LogP contribution in [0.1, 0.15) is 0 Å². The summed E-state index contributed by atoms with van der Waals surface area (Å²) in [6.45, 7) is 0. The van der Waals surface area contributed by atoms with Crippen LogP contribution in [0.2, 0.25) is 0 Å². The van der Waals surface area contributed by atoms with Crippen LogP contribution in [-0.2, 0) is 0 Å². The molecule has 0 bridgehead atoms. The van der Waals surface area contributed by atoms with E-state index in [-0.39, 0.29) is 0 Å². The first-order valence-electron chi connectivity index (χ1n) is 25.7. The summed E-state index contributed by atoms with van der Waals surface area (Å²) in [5, 5.41) is 14.1. The summed E-state index contributed by atoms with van der Waals surface area (Å²) in [5.74, 6) is 1.27. The molecule has 12 aromatic rings. The smallest absolute Gasteiger partial charge is 0.217 e. The summed E-state index contributed by atoms with van der Waals surface area (Å²) in [5.41, 5.74) is 2.64. The van der Waals surface area contributed by atoms with Crippen molar-refractivity contribution in [3.8, 4) is 22.8 Å². The molecule has 0 amide bonds. The molecule has 356 valence electrons. The van der Waals surface area contributed by atoms with Gasteiger partial charge in [0.05, 0.1) is 0 Å². The molecule has 11 aromatic carbocycles.